The molecule has 1 aromatic carbocycles. The van der Waals surface area contributed by atoms with E-state index >= 15 is 0 Å². The highest BCUT2D eigenvalue weighted by Crippen LogP contribution is 2.13. The zero-order valence-electron chi connectivity index (χ0n) is 6.78. The first-order valence-corrected chi connectivity index (χ1v) is 3.84. The summed E-state index contributed by atoms with van der Waals surface area (Å²) in [5, 5.41) is 2.36. The van der Waals surface area contributed by atoms with Gasteiger partial charge in [-0.05, 0) is 12.1 Å². The molecule has 1 radical (unpaired) electrons. The Labute approximate surface area is 74.6 Å². The third-order valence-corrected chi connectivity index (χ3v) is 1.65. The summed E-state index contributed by atoms with van der Waals surface area (Å²) in [7, 11) is 0. The summed E-state index contributed by atoms with van der Waals surface area (Å²) in [4.78, 5) is 14.0. The van der Waals surface area contributed by atoms with Gasteiger partial charge in [0.25, 0.3) is 0 Å². The maximum Gasteiger partial charge on any atom is 0.309 e. The van der Waals surface area contributed by atoms with Crippen molar-refractivity contribution >= 4 is 17.5 Å². The molecular formula is C9H7N2O2. The van der Waals surface area contributed by atoms with Gasteiger partial charge in [0.15, 0.2) is 5.58 Å². The zero-order valence-corrected chi connectivity index (χ0v) is 6.78. The van der Waals surface area contributed by atoms with Crippen molar-refractivity contribution in [3.8, 4) is 0 Å². The van der Waals surface area contributed by atoms with Crippen LogP contribution in [-0.2, 0) is 11.3 Å². The van der Waals surface area contributed by atoms with E-state index in [0.29, 0.717) is 5.89 Å². The molecule has 2 rings (SSSR count). The number of para-hydroxylation sites is 2. The van der Waals surface area contributed by atoms with Crippen LogP contribution in [0, 0.1) is 0 Å². The minimum Gasteiger partial charge on any atom is -0.439 e. The van der Waals surface area contributed by atoms with Crippen LogP contribution in [0.25, 0.3) is 11.1 Å². The second kappa shape index (κ2) is 3.26. The number of hydrogen-bond donors (Lipinski definition) is 1. The molecule has 1 aromatic heterocycles. The van der Waals surface area contributed by atoms with Crippen LogP contribution in [0.5, 0.6) is 0 Å². The Morgan fingerprint density at radius 2 is 2.31 bits per heavy atom. The molecule has 0 aliphatic rings. The molecule has 0 atom stereocenters. The number of amides is 1. The predicted molar refractivity (Wildman–Crippen MR) is 46.5 cm³/mol. The Morgan fingerprint density at radius 3 is 3.08 bits per heavy atom. The van der Waals surface area contributed by atoms with Gasteiger partial charge >= 0.3 is 6.41 Å². The van der Waals surface area contributed by atoms with Crippen LogP contribution in [0.4, 0.5) is 0 Å². The van der Waals surface area contributed by atoms with Gasteiger partial charge in [0.2, 0.25) is 5.89 Å². The second-order valence-electron chi connectivity index (χ2n) is 2.53. The Kier molecular flexibility index (Phi) is 1.96. The Morgan fingerprint density at radius 1 is 1.46 bits per heavy atom. The number of nitrogens with zero attached hydrogens (tertiary/aromatic N) is 1. The number of rotatable bonds is 3. The van der Waals surface area contributed by atoms with E-state index in [-0.39, 0.29) is 6.54 Å². The van der Waals surface area contributed by atoms with E-state index in [0.717, 1.165) is 11.1 Å². The number of aromatic nitrogens is 1. The van der Waals surface area contributed by atoms with E-state index in [2.05, 4.69) is 10.3 Å². The van der Waals surface area contributed by atoms with E-state index in [4.69, 9.17) is 4.42 Å². The Hall–Kier alpha value is -1.84. The first-order chi connectivity index (χ1) is 6.40. The molecule has 0 spiro atoms. The minimum atomic E-state index is 0.276. The Balaban J connectivity index is 2.32. The van der Waals surface area contributed by atoms with Crippen molar-refractivity contribution in [2.75, 3.05) is 0 Å². The van der Waals surface area contributed by atoms with Crippen molar-refractivity contribution in [2.45, 2.75) is 6.54 Å². The van der Waals surface area contributed by atoms with Gasteiger partial charge in [0.1, 0.15) is 5.52 Å². The molecule has 2 aromatic rings. The molecule has 0 saturated heterocycles. The normalized spacial score (nSPS) is 10.2. The number of oxazole rings is 1. The lowest BCUT2D eigenvalue weighted by Crippen LogP contribution is -2.09. The fraction of sp³-hybridized carbons (Fsp3) is 0.111. The molecule has 0 aliphatic heterocycles. The fourth-order valence-electron chi connectivity index (χ4n) is 1.11. The standard InChI is InChI=1S/C9H7N2O2/c12-6-10-5-9-11-7-3-1-2-4-8(7)13-9/h1-4H,5H2,(H,10,12). The smallest absolute Gasteiger partial charge is 0.309 e. The summed E-state index contributed by atoms with van der Waals surface area (Å²) in [5.41, 5.74) is 1.52. The topological polar surface area (TPSA) is 55.1 Å². The quantitative estimate of drug-likeness (QED) is 0.707. The van der Waals surface area contributed by atoms with E-state index in [9.17, 15) is 4.79 Å². The van der Waals surface area contributed by atoms with Gasteiger partial charge in [-0.2, -0.15) is 0 Å². The maximum atomic E-state index is 9.89. The summed E-state index contributed by atoms with van der Waals surface area (Å²) in [5.74, 6) is 0.490. The van der Waals surface area contributed by atoms with Gasteiger partial charge in [-0.15, -0.1) is 0 Å². The van der Waals surface area contributed by atoms with Gasteiger partial charge in [-0.25, -0.2) is 4.98 Å². The lowest BCUT2D eigenvalue weighted by molar-refractivity contribution is 0.502. The van der Waals surface area contributed by atoms with Crippen LogP contribution >= 0.6 is 0 Å². The average Bonchev–Trinajstić information content (AvgIpc) is 2.57. The van der Waals surface area contributed by atoms with Crippen molar-refractivity contribution in [2.24, 2.45) is 0 Å². The largest absolute Gasteiger partial charge is 0.439 e. The first-order valence-electron chi connectivity index (χ1n) is 3.84. The van der Waals surface area contributed by atoms with Crippen molar-refractivity contribution in [1.29, 1.82) is 0 Å². The van der Waals surface area contributed by atoms with E-state index < -0.39 is 0 Å². The van der Waals surface area contributed by atoms with E-state index in [1.54, 1.807) is 6.41 Å². The molecule has 13 heavy (non-hydrogen) atoms. The number of fused-ring (bicyclic) bond motifs is 1. The van der Waals surface area contributed by atoms with Crippen molar-refractivity contribution in [3.63, 3.8) is 0 Å². The van der Waals surface area contributed by atoms with Gasteiger partial charge < -0.3 is 9.73 Å². The lowest BCUT2D eigenvalue weighted by atomic mass is 10.3. The number of carbonyl (C=O) groups excluding carboxylic acids is 1. The summed E-state index contributed by atoms with van der Waals surface area (Å²) in [6, 6.07) is 7.44. The summed E-state index contributed by atoms with van der Waals surface area (Å²) < 4.78 is 5.32. The third kappa shape index (κ3) is 1.51. The van der Waals surface area contributed by atoms with Gasteiger partial charge in [0, 0.05) is 0 Å². The Bertz CT molecular complexity index is 389. The van der Waals surface area contributed by atoms with E-state index in [1.165, 1.54) is 0 Å². The molecule has 1 N–H and O–H groups in total. The van der Waals surface area contributed by atoms with Crippen LogP contribution in [0.2, 0.25) is 0 Å². The van der Waals surface area contributed by atoms with Crippen LogP contribution in [0.3, 0.4) is 0 Å². The van der Waals surface area contributed by atoms with Gasteiger partial charge in [-0.1, -0.05) is 12.1 Å². The molecule has 0 saturated carbocycles. The molecule has 4 heteroatoms. The number of benzene rings is 1. The molecule has 1 amide bonds. The van der Waals surface area contributed by atoms with Crippen LogP contribution in [0.1, 0.15) is 5.89 Å². The molecule has 0 unspecified atom stereocenters. The van der Waals surface area contributed by atoms with Gasteiger partial charge in [0.05, 0.1) is 6.54 Å². The highest BCUT2D eigenvalue weighted by molar-refractivity contribution is 5.72. The minimum absolute atomic E-state index is 0.276. The SMILES string of the molecule is O=[C]NCc1nc2ccccc2o1. The zero-order chi connectivity index (χ0) is 9.10. The van der Waals surface area contributed by atoms with Gasteiger partial charge in [-0.3, -0.25) is 4.79 Å². The van der Waals surface area contributed by atoms with Crippen molar-refractivity contribution in [1.82, 2.24) is 10.3 Å². The molecule has 1 heterocycles. The predicted octanol–water partition coefficient (Wildman–Crippen LogP) is 0.985. The van der Waals surface area contributed by atoms with Crippen molar-refractivity contribution in [3.05, 3.63) is 30.2 Å². The number of hydrogen-bond acceptors (Lipinski definition) is 3. The first kappa shape index (κ1) is 7.79. The number of nitrogens with one attached hydrogen (secondary N) is 1. The molecule has 0 aliphatic carbocycles. The molecular weight excluding hydrogens is 168 g/mol. The fourth-order valence-corrected chi connectivity index (χ4v) is 1.11. The van der Waals surface area contributed by atoms with Crippen LogP contribution < -0.4 is 5.32 Å². The summed E-state index contributed by atoms with van der Waals surface area (Å²) in [6.07, 6.45) is 1.56. The highest BCUT2D eigenvalue weighted by atomic mass is 16.3. The highest BCUT2D eigenvalue weighted by Gasteiger charge is 2.02. The van der Waals surface area contributed by atoms with E-state index in [1.807, 2.05) is 24.3 Å². The molecule has 0 fully saturated rings. The average molecular weight is 175 g/mol. The third-order valence-electron chi connectivity index (χ3n) is 1.65. The van der Waals surface area contributed by atoms with Crippen LogP contribution in [0.15, 0.2) is 28.7 Å². The summed E-state index contributed by atoms with van der Waals surface area (Å²) >= 11 is 0. The van der Waals surface area contributed by atoms with Crippen LogP contribution in [-0.4, -0.2) is 11.4 Å². The second-order valence-corrected chi connectivity index (χ2v) is 2.53. The monoisotopic (exact) mass is 175 g/mol. The van der Waals surface area contributed by atoms with Crippen molar-refractivity contribution < 1.29 is 9.21 Å². The maximum absolute atomic E-state index is 9.89. The lowest BCUT2D eigenvalue weighted by Gasteiger charge is -1.88. The summed E-state index contributed by atoms with van der Waals surface area (Å²) in [6.45, 7) is 0.276. The molecule has 65 valence electrons. The molecule has 0 bridgehead atoms. The molecule has 4 nitrogen and oxygen atoms in total.